The quantitative estimate of drug-likeness (QED) is 0.744. The molecule has 3 heteroatoms. The van der Waals surface area contributed by atoms with Crippen LogP contribution in [0.5, 0.6) is 5.75 Å². The Kier molecular flexibility index (Phi) is 2.02. The predicted molar refractivity (Wildman–Crippen MR) is 50.4 cm³/mol. The van der Waals surface area contributed by atoms with Crippen LogP contribution < -0.4 is 4.74 Å². The van der Waals surface area contributed by atoms with Gasteiger partial charge in [0.25, 0.3) is 0 Å². The number of hydrogen-bond donors (Lipinski definition) is 1. The molecule has 1 aromatic rings. The summed E-state index contributed by atoms with van der Waals surface area (Å²) in [6.45, 7) is 0.112. The lowest BCUT2D eigenvalue weighted by atomic mass is 10.1. The molecule has 0 saturated heterocycles. The third-order valence-electron chi connectivity index (χ3n) is 2.10. The van der Waals surface area contributed by atoms with Gasteiger partial charge in [0, 0.05) is 0 Å². The molecule has 1 heterocycles. The van der Waals surface area contributed by atoms with Crippen molar-refractivity contribution >= 4 is 5.71 Å². The van der Waals surface area contributed by atoms with Crippen molar-refractivity contribution in [3.05, 3.63) is 29.8 Å². The Morgan fingerprint density at radius 1 is 1.38 bits per heavy atom. The molecule has 0 bridgehead atoms. The second kappa shape index (κ2) is 3.18. The Morgan fingerprint density at radius 3 is 2.54 bits per heavy atom. The molecule has 3 nitrogen and oxygen atoms in total. The molecule has 1 N–H and O–H groups in total. The maximum Gasteiger partial charge on any atom is 0.118 e. The SMILES string of the molecule is COc1ccc(C2=NC2CO)cc1. The van der Waals surface area contributed by atoms with Crippen LogP contribution in [0, 0.1) is 0 Å². The van der Waals surface area contributed by atoms with Crippen LogP contribution in [-0.2, 0) is 0 Å². The van der Waals surface area contributed by atoms with Crippen molar-refractivity contribution in [3.63, 3.8) is 0 Å². The standard InChI is InChI=1S/C10H11NO2/c1-13-8-4-2-7(3-5-8)10-9(6-12)11-10/h2-5,9,12H,6H2,1H3. The minimum atomic E-state index is 0.0356. The smallest absolute Gasteiger partial charge is 0.118 e. The van der Waals surface area contributed by atoms with Crippen molar-refractivity contribution in [2.24, 2.45) is 4.99 Å². The van der Waals surface area contributed by atoms with Gasteiger partial charge in [0.1, 0.15) is 11.8 Å². The van der Waals surface area contributed by atoms with E-state index in [0.717, 1.165) is 17.0 Å². The Bertz CT molecular complexity index is 329. The Morgan fingerprint density at radius 2 is 2.08 bits per heavy atom. The highest BCUT2D eigenvalue weighted by Crippen LogP contribution is 2.21. The van der Waals surface area contributed by atoms with E-state index in [2.05, 4.69) is 4.99 Å². The van der Waals surface area contributed by atoms with Crippen molar-refractivity contribution in [2.75, 3.05) is 13.7 Å². The second-order valence-electron chi connectivity index (χ2n) is 2.94. The first-order valence-electron chi connectivity index (χ1n) is 4.18. The van der Waals surface area contributed by atoms with Gasteiger partial charge >= 0.3 is 0 Å². The van der Waals surface area contributed by atoms with Crippen molar-refractivity contribution < 1.29 is 9.84 Å². The monoisotopic (exact) mass is 177 g/mol. The molecular weight excluding hydrogens is 166 g/mol. The van der Waals surface area contributed by atoms with E-state index in [1.54, 1.807) is 7.11 Å². The van der Waals surface area contributed by atoms with Gasteiger partial charge in [0.2, 0.25) is 0 Å². The molecule has 1 aromatic carbocycles. The number of rotatable bonds is 3. The molecule has 13 heavy (non-hydrogen) atoms. The van der Waals surface area contributed by atoms with Gasteiger partial charge in [-0.15, -0.1) is 0 Å². The zero-order chi connectivity index (χ0) is 9.26. The second-order valence-corrected chi connectivity index (χ2v) is 2.94. The Balaban J connectivity index is 2.11. The fourth-order valence-corrected chi connectivity index (χ4v) is 1.29. The lowest BCUT2D eigenvalue weighted by Crippen LogP contribution is -2.03. The van der Waals surface area contributed by atoms with Crippen LogP contribution in [0.2, 0.25) is 0 Å². The summed E-state index contributed by atoms with van der Waals surface area (Å²) < 4.78 is 5.03. The van der Waals surface area contributed by atoms with E-state index < -0.39 is 0 Å². The number of ether oxygens (including phenoxy) is 1. The normalized spacial score (nSPS) is 19.5. The van der Waals surface area contributed by atoms with E-state index in [4.69, 9.17) is 9.84 Å². The Labute approximate surface area is 76.7 Å². The summed E-state index contributed by atoms with van der Waals surface area (Å²) >= 11 is 0. The minimum absolute atomic E-state index is 0.0356. The summed E-state index contributed by atoms with van der Waals surface area (Å²) in [5.74, 6) is 0.838. The van der Waals surface area contributed by atoms with E-state index in [1.165, 1.54) is 0 Å². The zero-order valence-electron chi connectivity index (χ0n) is 7.40. The first-order valence-corrected chi connectivity index (χ1v) is 4.18. The van der Waals surface area contributed by atoms with Crippen molar-refractivity contribution in [3.8, 4) is 5.75 Å². The van der Waals surface area contributed by atoms with E-state index in [-0.39, 0.29) is 12.6 Å². The maximum atomic E-state index is 8.80. The third-order valence-corrected chi connectivity index (χ3v) is 2.10. The van der Waals surface area contributed by atoms with E-state index in [9.17, 15) is 0 Å². The summed E-state index contributed by atoms with van der Waals surface area (Å²) in [4.78, 5) is 4.12. The van der Waals surface area contributed by atoms with Gasteiger partial charge < -0.3 is 9.84 Å². The van der Waals surface area contributed by atoms with Gasteiger partial charge in [0.15, 0.2) is 0 Å². The third kappa shape index (κ3) is 1.55. The van der Waals surface area contributed by atoms with E-state index in [0.29, 0.717) is 0 Å². The average Bonchev–Trinajstić information content (AvgIpc) is 2.97. The van der Waals surface area contributed by atoms with Gasteiger partial charge in [0.05, 0.1) is 19.4 Å². The number of aliphatic hydroxyl groups excluding tert-OH is 1. The lowest BCUT2D eigenvalue weighted by Gasteiger charge is -1.99. The van der Waals surface area contributed by atoms with Crippen LogP contribution in [-0.4, -0.2) is 30.6 Å². The van der Waals surface area contributed by atoms with Gasteiger partial charge in [-0.1, -0.05) is 0 Å². The number of methoxy groups -OCH3 is 1. The first kappa shape index (κ1) is 8.26. The molecule has 2 rings (SSSR count). The summed E-state index contributed by atoms with van der Waals surface area (Å²) in [6.07, 6.45) is 0. The molecule has 0 amide bonds. The van der Waals surface area contributed by atoms with Crippen LogP contribution in [0.25, 0.3) is 0 Å². The summed E-state index contributed by atoms with van der Waals surface area (Å²) in [5.41, 5.74) is 2.06. The molecule has 68 valence electrons. The molecule has 1 atom stereocenters. The minimum Gasteiger partial charge on any atom is -0.497 e. The lowest BCUT2D eigenvalue weighted by molar-refractivity contribution is 0.301. The fraction of sp³-hybridized carbons (Fsp3) is 0.300. The molecule has 0 aromatic heterocycles. The highest BCUT2D eigenvalue weighted by molar-refractivity contribution is 6.13. The number of aliphatic hydroxyl groups is 1. The maximum absolute atomic E-state index is 8.80. The van der Waals surface area contributed by atoms with Crippen molar-refractivity contribution in [2.45, 2.75) is 6.04 Å². The molecule has 0 fully saturated rings. The average molecular weight is 177 g/mol. The highest BCUT2D eigenvalue weighted by atomic mass is 16.5. The van der Waals surface area contributed by atoms with Gasteiger partial charge in [-0.05, 0) is 29.8 Å². The molecule has 1 unspecified atom stereocenters. The van der Waals surface area contributed by atoms with Crippen LogP contribution >= 0.6 is 0 Å². The van der Waals surface area contributed by atoms with Crippen LogP contribution in [0.15, 0.2) is 29.3 Å². The van der Waals surface area contributed by atoms with E-state index in [1.807, 2.05) is 24.3 Å². The van der Waals surface area contributed by atoms with Gasteiger partial charge in [-0.25, -0.2) is 0 Å². The molecule has 0 spiro atoms. The number of hydrogen-bond acceptors (Lipinski definition) is 3. The van der Waals surface area contributed by atoms with Crippen LogP contribution in [0.4, 0.5) is 0 Å². The molecular formula is C10H11NO2. The summed E-state index contributed by atoms with van der Waals surface area (Å²) in [6, 6.07) is 7.73. The topological polar surface area (TPSA) is 41.8 Å². The largest absolute Gasteiger partial charge is 0.497 e. The molecule has 0 radical (unpaired) electrons. The summed E-state index contributed by atoms with van der Waals surface area (Å²) in [7, 11) is 1.64. The molecule has 1 aliphatic heterocycles. The van der Waals surface area contributed by atoms with Gasteiger partial charge in [-0.2, -0.15) is 0 Å². The highest BCUT2D eigenvalue weighted by Gasteiger charge is 2.27. The summed E-state index contributed by atoms with van der Waals surface area (Å²) in [5, 5.41) is 8.80. The predicted octanol–water partition coefficient (Wildman–Crippen LogP) is 0.859. The molecule has 0 aliphatic carbocycles. The molecule has 1 aliphatic rings. The van der Waals surface area contributed by atoms with E-state index >= 15 is 0 Å². The molecule has 0 saturated carbocycles. The number of aliphatic imine (C=N–C) groups is 1. The van der Waals surface area contributed by atoms with Crippen molar-refractivity contribution in [1.82, 2.24) is 0 Å². The number of nitrogens with zero attached hydrogens (tertiary/aromatic N) is 1. The fourth-order valence-electron chi connectivity index (χ4n) is 1.29. The first-order chi connectivity index (χ1) is 6.35. The Hall–Kier alpha value is -1.35. The van der Waals surface area contributed by atoms with Crippen LogP contribution in [0.3, 0.4) is 0 Å². The van der Waals surface area contributed by atoms with Gasteiger partial charge in [-0.3, -0.25) is 4.99 Å². The number of benzene rings is 1. The van der Waals surface area contributed by atoms with Crippen LogP contribution in [0.1, 0.15) is 5.56 Å². The zero-order valence-corrected chi connectivity index (χ0v) is 7.40. The van der Waals surface area contributed by atoms with Crippen molar-refractivity contribution in [1.29, 1.82) is 0 Å².